The second-order valence-electron chi connectivity index (χ2n) is 7.86. The fraction of sp³-hybridized carbons (Fsp3) is 0.364. The lowest BCUT2D eigenvalue weighted by molar-refractivity contribution is 0.0526. The number of amides is 2. The van der Waals surface area contributed by atoms with Crippen molar-refractivity contribution in [2.75, 3.05) is 6.54 Å². The summed E-state index contributed by atoms with van der Waals surface area (Å²) in [5.74, 6) is -8.56. The molecular weight excluding hydrogens is 416 g/mol. The molecule has 0 bridgehead atoms. The Morgan fingerprint density at radius 1 is 1.00 bits per heavy atom. The number of alkyl carbamates (subject to hydrolysis) is 1. The van der Waals surface area contributed by atoms with Crippen LogP contribution < -0.4 is 10.6 Å². The van der Waals surface area contributed by atoms with Crippen LogP contribution in [0.15, 0.2) is 36.4 Å². The highest BCUT2D eigenvalue weighted by Gasteiger charge is 2.25. The third-order valence-electron chi connectivity index (χ3n) is 4.19. The molecule has 2 aromatic carbocycles. The van der Waals surface area contributed by atoms with Gasteiger partial charge in [-0.05, 0) is 45.2 Å². The van der Waals surface area contributed by atoms with E-state index in [4.69, 9.17) is 4.74 Å². The summed E-state index contributed by atoms with van der Waals surface area (Å²) in [5.41, 5.74) is -0.921. The third-order valence-corrected chi connectivity index (χ3v) is 4.19. The Kier molecular flexibility index (Phi) is 8.01. The van der Waals surface area contributed by atoms with E-state index in [2.05, 4.69) is 10.6 Å². The summed E-state index contributed by atoms with van der Waals surface area (Å²) in [5, 5.41) is 5.10. The smallest absolute Gasteiger partial charge is 0.407 e. The van der Waals surface area contributed by atoms with Crippen LogP contribution in [0.2, 0.25) is 0 Å². The molecule has 0 aliphatic heterocycles. The number of rotatable bonds is 7. The highest BCUT2D eigenvalue weighted by Crippen LogP contribution is 2.22. The molecule has 0 heterocycles. The van der Waals surface area contributed by atoms with Crippen molar-refractivity contribution in [3.8, 4) is 0 Å². The average Bonchev–Trinajstić information content (AvgIpc) is 2.70. The molecule has 168 valence electrons. The maximum atomic E-state index is 14.0. The van der Waals surface area contributed by atoms with E-state index in [9.17, 15) is 27.2 Å². The summed E-state index contributed by atoms with van der Waals surface area (Å²) >= 11 is 0. The quantitative estimate of drug-likeness (QED) is 0.275. The van der Waals surface area contributed by atoms with Gasteiger partial charge in [0.1, 0.15) is 5.60 Å². The molecule has 0 fully saturated rings. The van der Waals surface area contributed by atoms with Gasteiger partial charge in [-0.1, -0.05) is 30.3 Å². The second kappa shape index (κ2) is 10.3. The highest BCUT2D eigenvalue weighted by molar-refractivity contribution is 5.94. The largest absolute Gasteiger partial charge is 0.444 e. The minimum Gasteiger partial charge on any atom is -0.444 e. The second-order valence-corrected chi connectivity index (χ2v) is 7.86. The van der Waals surface area contributed by atoms with E-state index in [-0.39, 0.29) is 6.54 Å². The number of carbonyl (C=O) groups excluding carboxylic acids is 2. The van der Waals surface area contributed by atoms with Crippen LogP contribution in [0.4, 0.5) is 22.4 Å². The number of benzene rings is 2. The van der Waals surface area contributed by atoms with Gasteiger partial charge in [-0.3, -0.25) is 4.79 Å². The number of nitrogens with one attached hydrogen (secondary N) is 2. The Morgan fingerprint density at radius 3 is 2.26 bits per heavy atom. The van der Waals surface area contributed by atoms with Crippen LogP contribution in [0.25, 0.3) is 0 Å². The van der Waals surface area contributed by atoms with Gasteiger partial charge < -0.3 is 15.4 Å². The number of halogens is 4. The van der Waals surface area contributed by atoms with Gasteiger partial charge in [0.2, 0.25) is 0 Å². The van der Waals surface area contributed by atoms with Crippen molar-refractivity contribution >= 4 is 12.0 Å². The van der Waals surface area contributed by atoms with Gasteiger partial charge in [-0.15, -0.1) is 0 Å². The monoisotopic (exact) mass is 440 g/mol. The number of hydrogen-bond donors (Lipinski definition) is 2. The van der Waals surface area contributed by atoms with Gasteiger partial charge in [0, 0.05) is 6.54 Å². The maximum Gasteiger partial charge on any atom is 0.407 e. The lowest BCUT2D eigenvalue weighted by Crippen LogP contribution is -2.34. The first-order valence-electron chi connectivity index (χ1n) is 9.65. The predicted molar refractivity (Wildman–Crippen MR) is 106 cm³/mol. The summed E-state index contributed by atoms with van der Waals surface area (Å²) < 4.78 is 59.2. The summed E-state index contributed by atoms with van der Waals surface area (Å²) in [6, 6.07) is 8.32. The molecule has 0 aliphatic rings. The van der Waals surface area contributed by atoms with Crippen molar-refractivity contribution in [3.05, 3.63) is 70.8 Å². The Hall–Kier alpha value is -3.10. The van der Waals surface area contributed by atoms with E-state index in [0.717, 1.165) is 0 Å². The molecule has 1 atom stereocenters. The molecule has 31 heavy (non-hydrogen) atoms. The SMILES string of the molecule is CC(C)(C)OC(=O)NCCCC(NC(=O)c1cc(F)c(F)c(F)c1F)c1ccccc1. The van der Waals surface area contributed by atoms with E-state index in [0.29, 0.717) is 24.5 Å². The van der Waals surface area contributed by atoms with Crippen LogP contribution in [-0.4, -0.2) is 24.1 Å². The maximum absolute atomic E-state index is 14.0. The first-order chi connectivity index (χ1) is 14.5. The molecule has 0 saturated carbocycles. The van der Waals surface area contributed by atoms with Gasteiger partial charge in [-0.2, -0.15) is 0 Å². The molecule has 2 amide bonds. The van der Waals surface area contributed by atoms with E-state index in [1.54, 1.807) is 51.1 Å². The first-order valence-corrected chi connectivity index (χ1v) is 9.65. The molecule has 2 N–H and O–H groups in total. The van der Waals surface area contributed by atoms with Crippen molar-refractivity contribution in [1.29, 1.82) is 0 Å². The molecule has 9 heteroatoms. The van der Waals surface area contributed by atoms with Crippen LogP contribution in [0.1, 0.15) is 55.6 Å². The molecule has 2 aromatic rings. The summed E-state index contributed by atoms with van der Waals surface area (Å²) in [6.07, 6.45) is 0.139. The fourth-order valence-corrected chi connectivity index (χ4v) is 2.79. The summed E-state index contributed by atoms with van der Waals surface area (Å²) in [6.45, 7) is 5.43. The Balaban J connectivity index is 2.08. The van der Waals surface area contributed by atoms with Crippen LogP contribution in [0.5, 0.6) is 0 Å². The standard InChI is InChI=1S/C22H24F4N2O3/c1-22(2,3)31-21(30)27-11-7-10-16(13-8-5-4-6-9-13)28-20(29)14-12-15(23)18(25)19(26)17(14)24/h4-6,8-9,12,16H,7,10-11H2,1-3H3,(H,27,30)(H,28,29). The highest BCUT2D eigenvalue weighted by atomic mass is 19.2. The Morgan fingerprint density at radius 2 is 1.65 bits per heavy atom. The van der Waals surface area contributed by atoms with Gasteiger partial charge in [0.15, 0.2) is 23.3 Å². The number of hydrogen-bond acceptors (Lipinski definition) is 3. The molecular formula is C22H24F4N2O3. The zero-order valence-electron chi connectivity index (χ0n) is 17.4. The molecule has 0 aromatic heterocycles. The molecule has 0 spiro atoms. The third kappa shape index (κ3) is 6.97. The van der Waals surface area contributed by atoms with E-state index >= 15 is 0 Å². The molecule has 0 saturated heterocycles. The van der Waals surface area contributed by atoms with Gasteiger partial charge in [0.25, 0.3) is 5.91 Å². The zero-order valence-corrected chi connectivity index (χ0v) is 17.4. The molecule has 5 nitrogen and oxygen atoms in total. The fourth-order valence-electron chi connectivity index (χ4n) is 2.79. The van der Waals surface area contributed by atoms with E-state index in [1.807, 2.05) is 0 Å². The molecule has 0 aliphatic carbocycles. The first kappa shape index (κ1) is 24.2. The average molecular weight is 440 g/mol. The van der Waals surface area contributed by atoms with E-state index in [1.165, 1.54) is 0 Å². The van der Waals surface area contributed by atoms with Crippen LogP contribution in [0.3, 0.4) is 0 Å². The summed E-state index contributed by atoms with van der Waals surface area (Å²) in [4.78, 5) is 24.2. The minimum absolute atomic E-state index is 0.238. The predicted octanol–water partition coefficient (Wildman–Crippen LogP) is 5.02. The van der Waals surface area contributed by atoms with E-state index < -0.39 is 52.5 Å². The Labute approximate surface area is 177 Å². The lowest BCUT2D eigenvalue weighted by atomic mass is 10.0. The van der Waals surface area contributed by atoms with Crippen molar-refractivity contribution < 1.29 is 31.9 Å². The molecule has 2 rings (SSSR count). The molecule has 0 radical (unpaired) electrons. The Bertz CT molecular complexity index is 931. The number of ether oxygens (including phenoxy) is 1. The molecule has 1 unspecified atom stereocenters. The van der Waals surface area contributed by atoms with Crippen molar-refractivity contribution in [2.24, 2.45) is 0 Å². The van der Waals surface area contributed by atoms with Gasteiger partial charge >= 0.3 is 6.09 Å². The van der Waals surface area contributed by atoms with Crippen molar-refractivity contribution in [3.63, 3.8) is 0 Å². The topological polar surface area (TPSA) is 67.4 Å². The van der Waals surface area contributed by atoms with Crippen LogP contribution in [0, 0.1) is 23.3 Å². The van der Waals surface area contributed by atoms with Crippen molar-refractivity contribution in [2.45, 2.75) is 45.3 Å². The number of carbonyl (C=O) groups is 2. The lowest BCUT2D eigenvalue weighted by Gasteiger charge is -2.21. The van der Waals surface area contributed by atoms with Gasteiger partial charge in [-0.25, -0.2) is 22.4 Å². The van der Waals surface area contributed by atoms with Crippen LogP contribution >= 0.6 is 0 Å². The normalized spacial score (nSPS) is 12.2. The van der Waals surface area contributed by atoms with Crippen molar-refractivity contribution in [1.82, 2.24) is 10.6 Å². The zero-order chi connectivity index (χ0) is 23.2. The van der Waals surface area contributed by atoms with Crippen LogP contribution in [-0.2, 0) is 4.74 Å². The summed E-state index contributed by atoms with van der Waals surface area (Å²) in [7, 11) is 0. The van der Waals surface area contributed by atoms with Gasteiger partial charge in [0.05, 0.1) is 11.6 Å². The minimum atomic E-state index is -2.05.